The standard InChI is InChI=1S/C15H16Cl2N2S/c16-11-3-1-4-12(17)14(11)15(13-5-2-10-20-13)19-8-6-18-7-9-19/h1-5,10,15,18H,6-9H2/t15-/m1/s1. The summed E-state index contributed by atoms with van der Waals surface area (Å²) in [5.41, 5.74) is 1.03. The second kappa shape index (κ2) is 6.46. The van der Waals surface area contributed by atoms with E-state index >= 15 is 0 Å². The molecule has 1 saturated heterocycles. The smallest absolute Gasteiger partial charge is 0.0726 e. The molecule has 1 aromatic heterocycles. The van der Waals surface area contributed by atoms with Gasteiger partial charge in [0.25, 0.3) is 0 Å². The maximum Gasteiger partial charge on any atom is 0.0726 e. The number of benzene rings is 1. The molecule has 5 heteroatoms. The topological polar surface area (TPSA) is 15.3 Å². The summed E-state index contributed by atoms with van der Waals surface area (Å²) in [6, 6.07) is 10.1. The van der Waals surface area contributed by atoms with Gasteiger partial charge < -0.3 is 5.32 Å². The number of piperazine rings is 1. The minimum atomic E-state index is 0.151. The van der Waals surface area contributed by atoms with Gasteiger partial charge in [-0.3, -0.25) is 4.90 Å². The fourth-order valence-corrected chi connectivity index (χ4v) is 4.14. The highest BCUT2D eigenvalue weighted by atomic mass is 35.5. The van der Waals surface area contributed by atoms with Gasteiger partial charge in [-0.05, 0) is 23.6 Å². The fourth-order valence-electron chi connectivity index (χ4n) is 2.66. The molecular formula is C15H16Cl2N2S. The summed E-state index contributed by atoms with van der Waals surface area (Å²) in [6.07, 6.45) is 0. The second-order valence-electron chi connectivity index (χ2n) is 4.84. The zero-order chi connectivity index (χ0) is 13.9. The van der Waals surface area contributed by atoms with E-state index in [1.54, 1.807) is 11.3 Å². The molecule has 0 unspecified atom stereocenters. The van der Waals surface area contributed by atoms with Gasteiger partial charge in [0.15, 0.2) is 0 Å². The van der Waals surface area contributed by atoms with Gasteiger partial charge in [-0.2, -0.15) is 0 Å². The maximum absolute atomic E-state index is 6.44. The molecule has 1 aliphatic rings. The molecule has 3 rings (SSSR count). The van der Waals surface area contributed by atoms with Gasteiger partial charge in [0.05, 0.1) is 6.04 Å². The van der Waals surface area contributed by atoms with Gasteiger partial charge in [0.1, 0.15) is 0 Å². The molecule has 1 N–H and O–H groups in total. The Morgan fingerprint density at radius 2 is 1.75 bits per heavy atom. The zero-order valence-corrected chi connectivity index (χ0v) is 13.3. The lowest BCUT2D eigenvalue weighted by atomic mass is 10.0. The second-order valence-corrected chi connectivity index (χ2v) is 6.63. The van der Waals surface area contributed by atoms with Gasteiger partial charge in [0, 0.05) is 46.7 Å². The Morgan fingerprint density at radius 3 is 2.35 bits per heavy atom. The van der Waals surface area contributed by atoms with Crippen molar-refractivity contribution in [1.82, 2.24) is 10.2 Å². The van der Waals surface area contributed by atoms with Crippen molar-refractivity contribution in [3.63, 3.8) is 0 Å². The highest BCUT2D eigenvalue weighted by molar-refractivity contribution is 7.10. The lowest BCUT2D eigenvalue weighted by Gasteiger charge is -2.35. The first kappa shape index (κ1) is 14.4. The van der Waals surface area contributed by atoms with E-state index in [9.17, 15) is 0 Å². The van der Waals surface area contributed by atoms with E-state index in [0.29, 0.717) is 0 Å². The Bertz CT molecular complexity index is 545. The van der Waals surface area contributed by atoms with Crippen LogP contribution in [0, 0.1) is 0 Å². The number of thiophene rings is 1. The summed E-state index contributed by atoms with van der Waals surface area (Å²) in [7, 11) is 0. The summed E-state index contributed by atoms with van der Waals surface area (Å²) in [6.45, 7) is 4.02. The normalized spacial score (nSPS) is 18.1. The molecule has 0 radical (unpaired) electrons. The van der Waals surface area contributed by atoms with Crippen LogP contribution >= 0.6 is 34.5 Å². The van der Waals surface area contributed by atoms with Crippen molar-refractivity contribution < 1.29 is 0 Å². The number of rotatable bonds is 3. The molecule has 2 aromatic rings. The molecule has 106 valence electrons. The van der Waals surface area contributed by atoms with Crippen LogP contribution in [0.4, 0.5) is 0 Å². The van der Waals surface area contributed by atoms with E-state index in [4.69, 9.17) is 23.2 Å². The fraction of sp³-hybridized carbons (Fsp3) is 0.333. The quantitative estimate of drug-likeness (QED) is 0.915. The van der Waals surface area contributed by atoms with E-state index in [2.05, 4.69) is 27.7 Å². The van der Waals surface area contributed by atoms with Crippen LogP contribution in [0.1, 0.15) is 16.5 Å². The number of nitrogens with zero attached hydrogens (tertiary/aromatic N) is 1. The molecule has 0 bridgehead atoms. The van der Waals surface area contributed by atoms with Crippen LogP contribution in [0.3, 0.4) is 0 Å². The van der Waals surface area contributed by atoms with E-state index in [1.165, 1.54) is 4.88 Å². The molecular weight excluding hydrogens is 311 g/mol. The average molecular weight is 327 g/mol. The molecule has 1 fully saturated rings. The van der Waals surface area contributed by atoms with Crippen molar-refractivity contribution in [1.29, 1.82) is 0 Å². The lowest BCUT2D eigenvalue weighted by Crippen LogP contribution is -2.45. The molecule has 1 atom stereocenters. The Morgan fingerprint density at radius 1 is 1.05 bits per heavy atom. The Hall–Kier alpha value is -0.580. The van der Waals surface area contributed by atoms with Gasteiger partial charge in [0.2, 0.25) is 0 Å². The van der Waals surface area contributed by atoms with Crippen molar-refractivity contribution >= 4 is 34.5 Å². The Labute approximate surface area is 133 Å². The van der Waals surface area contributed by atoms with Crippen molar-refractivity contribution in [2.24, 2.45) is 0 Å². The van der Waals surface area contributed by atoms with Crippen LogP contribution in [-0.4, -0.2) is 31.1 Å². The number of hydrogen-bond acceptors (Lipinski definition) is 3. The Balaban J connectivity index is 2.05. The third kappa shape index (κ3) is 2.87. The third-order valence-electron chi connectivity index (χ3n) is 3.60. The number of nitrogens with one attached hydrogen (secondary N) is 1. The molecule has 2 heterocycles. The average Bonchev–Trinajstić information content (AvgIpc) is 2.98. The van der Waals surface area contributed by atoms with E-state index in [-0.39, 0.29) is 6.04 Å². The molecule has 0 spiro atoms. The van der Waals surface area contributed by atoms with Crippen LogP contribution in [0.15, 0.2) is 35.7 Å². The minimum Gasteiger partial charge on any atom is -0.314 e. The predicted molar refractivity (Wildman–Crippen MR) is 87.1 cm³/mol. The third-order valence-corrected chi connectivity index (χ3v) is 5.19. The van der Waals surface area contributed by atoms with Crippen molar-refractivity contribution in [2.45, 2.75) is 6.04 Å². The van der Waals surface area contributed by atoms with Crippen LogP contribution < -0.4 is 5.32 Å². The molecule has 1 aromatic carbocycles. The summed E-state index contributed by atoms with van der Waals surface area (Å²) in [5.74, 6) is 0. The number of hydrogen-bond donors (Lipinski definition) is 1. The number of halogens is 2. The maximum atomic E-state index is 6.44. The molecule has 1 aliphatic heterocycles. The highest BCUT2D eigenvalue weighted by Crippen LogP contribution is 2.39. The van der Waals surface area contributed by atoms with Gasteiger partial charge in [-0.25, -0.2) is 0 Å². The van der Waals surface area contributed by atoms with Crippen molar-refractivity contribution in [2.75, 3.05) is 26.2 Å². The van der Waals surface area contributed by atoms with Crippen molar-refractivity contribution in [3.05, 3.63) is 56.2 Å². The largest absolute Gasteiger partial charge is 0.314 e. The summed E-state index contributed by atoms with van der Waals surface area (Å²) < 4.78 is 0. The summed E-state index contributed by atoms with van der Waals surface area (Å²) in [5, 5.41) is 6.99. The van der Waals surface area contributed by atoms with Crippen LogP contribution in [0.25, 0.3) is 0 Å². The minimum absolute atomic E-state index is 0.151. The Kier molecular flexibility index (Phi) is 4.64. The van der Waals surface area contributed by atoms with Crippen LogP contribution in [0.2, 0.25) is 10.0 Å². The molecule has 0 amide bonds. The molecule has 0 saturated carbocycles. The molecule has 2 nitrogen and oxygen atoms in total. The van der Waals surface area contributed by atoms with E-state index < -0.39 is 0 Å². The SMILES string of the molecule is Clc1cccc(Cl)c1[C@@H](c1cccs1)N1CCNCC1. The van der Waals surface area contributed by atoms with Gasteiger partial charge in [-0.15, -0.1) is 11.3 Å². The first-order valence-electron chi connectivity index (χ1n) is 6.69. The highest BCUT2D eigenvalue weighted by Gasteiger charge is 2.28. The first-order valence-corrected chi connectivity index (χ1v) is 8.33. The van der Waals surface area contributed by atoms with Crippen molar-refractivity contribution in [3.8, 4) is 0 Å². The van der Waals surface area contributed by atoms with E-state index in [0.717, 1.165) is 41.8 Å². The van der Waals surface area contributed by atoms with Gasteiger partial charge >= 0.3 is 0 Å². The van der Waals surface area contributed by atoms with E-state index in [1.807, 2.05) is 18.2 Å². The van der Waals surface area contributed by atoms with Gasteiger partial charge in [-0.1, -0.05) is 35.3 Å². The summed E-state index contributed by atoms with van der Waals surface area (Å²) in [4.78, 5) is 3.75. The molecule has 0 aliphatic carbocycles. The first-order chi connectivity index (χ1) is 9.77. The zero-order valence-electron chi connectivity index (χ0n) is 11.0. The predicted octanol–water partition coefficient (Wildman–Crippen LogP) is 4.05. The monoisotopic (exact) mass is 326 g/mol. The summed E-state index contributed by atoms with van der Waals surface area (Å²) >= 11 is 14.6. The van der Waals surface area contributed by atoms with Crippen LogP contribution in [0.5, 0.6) is 0 Å². The van der Waals surface area contributed by atoms with Crippen LogP contribution in [-0.2, 0) is 0 Å². The molecule has 20 heavy (non-hydrogen) atoms. The lowest BCUT2D eigenvalue weighted by molar-refractivity contribution is 0.201.